The lowest BCUT2D eigenvalue weighted by atomic mass is 10.1. The molecule has 0 amide bonds. The SMILES string of the molecule is CC(C)CCCOC(=O)CCCCCCCCC(=O)Oc1c(Cl)c(Cl)cc(Cl)c1Cl. The average molecular weight is 500 g/mol. The van der Waals surface area contributed by atoms with E-state index >= 15 is 0 Å². The molecule has 1 rings (SSSR count). The molecular weight excluding hydrogens is 470 g/mol. The molecule has 0 radical (unpaired) electrons. The Kier molecular flexibility index (Phi) is 13.8. The molecule has 0 atom stereocenters. The average Bonchev–Trinajstić information content (AvgIpc) is 2.69. The quantitative estimate of drug-likeness (QED) is 0.112. The first-order valence-corrected chi connectivity index (χ1v) is 11.9. The fourth-order valence-electron chi connectivity index (χ4n) is 2.80. The second-order valence-corrected chi connectivity index (χ2v) is 9.22. The Morgan fingerprint density at radius 1 is 0.800 bits per heavy atom. The molecule has 1 aromatic carbocycles. The van der Waals surface area contributed by atoms with Crippen molar-refractivity contribution in [1.82, 2.24) is 0 Å². The smallest absolute Gasteiger partial charge is 0.311 e. The second kappa shape index (κ2) is 15.2. The molecule has 0 aliphatic rings. The van der Waals surface area contributed by atoms with Crippen LogP contribution in [0.15, 0.2) is 6.07 Å². The third kappa shape index (κ3) is 11.1. The third-order valence-corrected chi connectivity index (χ3v) is 6.03. The van der Waals surface area contributed by atoms with E-state index < -0.39 is 5.97 Å². The minimum atomic E-state index is -0.433. The maximum atomic E-state index is 12.0. The highest BCUT2D eigenvalue weighted by atomic mass is 35.5. The van der Waals surface area contributed by atoms with Crippen LogP contribution in [0.5, 0.6) is 5.75 Å². The van der Waals surface area contributed by atoms with Gasteiger partial charge in [-0.1, -0.05) is 85.9 Å². The van der Waals surface area contributed by atoms with Crippen molar-refractivity contribution in [2.24, 2.45) is 5.92 Å². The fourth-order valence-corrected chi connectivity index (χ4v) is 3.67. The first-order valence-electron chi connectivity index (χ1n) is 10.4. The number of hydrogen-bond acceptors (Lipinski definition) is 4. The molecule has 8 heteroatoms. The first-order chi connectivity index (χ1) is 14.2. The Balaban J connectivity index is 2.10. The van der Waals surface area contributed by atoms with Crippen molar-refractivity contribution in [3.8, 4) is 5.75 Å². The Hall–Kier alpha value is -0.680. The van der Waals surface area contributed by atoms with Crippen LogP contribution >= 0.6 is 46.4 Å². The van der Waals surface area contributed by atoms with Crippen LogP contribution in [0.4, 0.5) is 0 Å². The lowest BCUT2D eigenvalue weighted by Gasteiger charge is -2.10. The molecule has 0 aliphatic heterocycles. The van der Waals surface area contributed by atoms with Crippen LogP contribution < -0.4 is 4.74 Å². The van der Waals surface area contributed by atoms with Crippen LogP contribution in [0.1, 0.15) is 78.1 Å². The van der Waals surface area contributed by atoms with Gasteiger partial charge in [-0.05, 0) is 37.7 Å². The molecule has 4 nitrogen and oxygen atoms in total. The summed E-state index contributed by atoms with van der Waals surface area (Å²) in [6.07, 6.45) is 8.11. The summed E-state index contributed by atoms with van der Waals surface area (Å²) in [7, 11) is 0. The van der Waals surface area contributed by atoms with Crippen LogP contribution in [0.2, 0.25) is 20.1 Å². The van der Waals surface area contributed by atoms with Crippen molar-refractivity contribution in [2.75, 3.05) is 6.61 Å². The number of benzene rings is 1. The Morgan fingerprint density at radius 3 is 1.83 bits per heavy atom. The Morgan fingerprint density at radius 2 is 1.30 bits per heavy atom. The van der Waals surface area contributed by atoms with Gasteiger partial charge in [-0.25, -0.2) is 0 Å². The van der Waals surface area contributed by atoms with Crippen molar-refractivity contribution in [2.45, 2.75) is 78.1 Å². The van der Waals surface area contributed by atoms with Gasteiger partial charge in [0.1, 0.15) is 10.0 Å². The number of carbonyl (C=O) groups is 2. The highest BCUT2D eigenvalue weighted by Crippen LogP contribution is 2.42. The minimum absolute atomic E-state index is 0.00285. The maximum absolute atomic E-state index is 12.0. The summed E-state index contributed by atoms with van der Waals surface area (Å²) >= 11 is 23.9. The van der Waals surface area contributed by atoms with Crippen LogP contribution in [0.3, 0.4) is 0 Å². The van der Waals surface area contributed by atoms with Gasteiger partial charge in [-0.15, -0.1) is 0 Å². The molecular formula is C22H30Cl4O4. The monoisotopic (exact) mass is 498 g/mol. The van der Waals surface area contributed by atoms with E-state index in [1.165, 1.54) is 6.07 Å². The van der Waals surface area contributed by atoms with Gasteiger partial charge < -0.3 is 9.47 Å². The van der Waals surface area contributed by atoms with Gasteiger partial charge in [-0.3, -0.25) is 9.59 Å². The minimum Gasteiger partial charge on any atom is -0.466 e. The first kappa shape index (κ1) is 27.4. The van der Waals surface area contributed by atoms with Gasteiger partial charge in [0.05, 0.1) is 16.7 Å². The number of rotatable bonds is 14. The standard InChI is InChI=1S/C22H30Cl4O4/c1-15(2)10-9-13-29-18(27)11-7-5-3-4-6-8-12-19(28)30-22-20(25)16(23)14-17(24)21(22)26/h14-15H,3-13H2,1-2H3. The normalized spacial score (nSPS) is 11.0. The largest absolute Gasteiger partial charge is 0.466 e. The molecule has 0 heterocycles. The molecule has 0 aromatic heterocycles. The van der Waals surface area contributed by atoms with Crippen LogP contribution in [0, 0.1) is 5.92 Å². The molecule has 0 N–H and O–H groups in total. The summed E-state index contributed by atoms with van der Waals surface area (Å²) in [6.45, 7) is 4.83. The van der Waals surface area contributed by atoms with E-state index in [0.29, 0.717) is 25.4 Å². The van der Waals surface area contributed by atoms with Gasteiger partial charge >= 0.3 is 11.9 Å². The molecule has 0 bridgehead atoms. The number of ether oxygens (including phenoxy) is 2. The van der Waals surface area contributed by atoms with Gasteiger partial charge in [0.25, 0.3) is 0 Å². The van der Waals surface area contributed by atoms with Crippen molar-refractivity contribution in [1.29, 1.82) is 0 Å². The third-order valence-electron chi connectivity index (χ3n) is 4.49. The van der Waals surface area contributed by atoms with E-state index in [1.807, 2.05) is 0 Å². The molecule has 170 valence electrons. The molecule has 0 saturated heterocycles. The zero-order valence-corrected chi connectivity index (χ0v) is 20.6. The van der Waals surface area contributed by atoms with Gasteiger partial charge in [-0.2, -0.15) is 0 Å². The van der Waals surface area contributed by atoms with E-state index in [4.69, 9.17) is 55.9 Å². The zero-order chi connectivity index (χ0) is 22.5. The van der Waals surface area contributed by atoms with Crippen molar-refractivity contribution in [3.05, 3.63) is 26.2 Å². The van der Waals surface area contributed by atoms with Gasteiger partial charge in [0.15, 0.2) is 5.75 Å². The highest BCUT2D eigenvalue weighted by molar-refractivity contribution is 6.48. The summed E-state index contributed by atoms with van der Waals surface area (Å²) in [4.78, 5) is 23.6. The molecule has 30 heavy (non-hydrogen) atoms. The van der Waals surface area contributed by atoms with E-state index in [1.54, 1.807) is 0 Å². The predicted molar refractivity (Wildman–Crippen MR) is 124 cm³/mol. The topological polar surface area (TPSA) is 52.6 Å². The zero-order valence-electron chi connectivity index (χ0n) is 17.6. The van der Waals surface area contributed by atoms with E-state index in [9.17, 15) is 9.59 Å². The predicted octanol–water partition coefficient (Wildman–Crippen LogP) is 8.31. The number of esters is 2. The summed E-state index contributed by atoms with van der Waals surface area (Å²) in [5, 5.41) is 0.484. The van der Waals surface area contributed by atoms with Crippen LogP contribution in [-0.2, 0) is 14.3 Å². The summed E-state index contributed by atoms with van der Waals surface area (Å²) in [5.41, 5.74) is 0. The molecule has 0 fully saturated rings. The number of carbonyl (C=O) groups excluding carboxylic acids is 2. The van der Waals surface area contributed by atoms with Crippen LogP contribution in [0.25, 0.3) is 0 Å². The van der Waals surface area contributed by atoms with E-state index in [2.05, 4.69) is 13.8 Å². The Labute approximate surface area is 199 Å². The summed E-state index contributed by atoms with van der Waals surface area (Å²) in [6, 6.07) is 1.40. The lowest BCUT2D eigenvalue weighted by Crippen LogP contribution is -2.08. The molecule has 0 spiro atoms. The summed E-state index contributed by atoms with van der Waals surface area (Å²) in [5.74, 6) is 0.0886. The molecule has 1 aromatic rings. The van der Waals surface area contributed by atoms with Crippen molar-refractivity contribution in [3.63, 3.8) is 0 Å². The van der Waals surface area contributed by atoms with Crippen molar-refractivity contribution >= 4 is 58.3 Å². The Bertz CT molecular complexity index is 666. The lowest BCUT2D eigenvalue weighted by molar-refractivity contribution is -0.144. The molecule has 0 unspecified atom stereocenters. The number of halogens is 4. The summed E-state index contributed by atoms with van der Waals surface area (Å²) < 4.78 is 10.5. The molecule has 0 saturated carbocycles. The fraction of sp³-hybridized carbons (Fsp3) is 0.636. The van der Waals surface area contributed by atoms with Crippen LogP contribution in [-0.4, -0.2) is 18.5 Å². The second-order valence-electron chi connectivity index (χ2n) is 7.65. The number of unbranched alkanes of at least 4 members (excludes halogenated alkanes) is 5. The molecule has 0 aliphatic carbocycles. The maximum Gasteiger partial charge on any atom is 0.311 e. The van der Waals surface area contributed by atoms with E-state index in [-0.39, 0.29) is 38.2 Å². The highest BCUT2D eigenvalue weighted by Gasteiger charge is 2.18. The van der Waals surface area contributed by atoms with Crippen molar-refractivity contribution < 1.29 is 19.1 Å². The number of hydrogen-bond donors (Lipinski definition) is 0. The van der Waals surface area contributed by atoms with Gasteiger partial charge in [0, 0.05) is 12.8 Å². The van der Waals surface area contributed by atoms with E-state index in [0.717, 1.165) is 44.9 Å². The van der Waals surface area contributed by atoms with Gasteiger partial charge in [0.2, 0.25) is 0 Å².